The van der Waals surface area contributed by atoms with Gasteiger partial charge in [-0.05, 0) is 6.42 Å². The van der Waals surface area contributed by atoms with Crippen LogP contribution in [0, 0.1) is 0 Å². The third-order valence-electron chi connectivity index (χ3n) is 2.46. The Morgan fingerprint density at radius 1 is 1.31 bits per heavy atom. The Morgan fingerprint density at radius 2 is 1.88 bits per heavy atom. The molecule has 0 aliphatic heterocycles. The highest BCUT2D eigenvalue weighted by Gasteiger charge is 2.47. The fraction of sp³-hybridized carbons (Fsp3) is 0.909. The molecule has 0 aromatic rings. The van der Waals surface area contributed by atoms with Crippen LogP contribution in [0.1, 0.15) is 45.4 Å². The third kappa shape index (κ3) is 4.88. The molecule has 1 atom stereocenters. The molecule has 0 aromatic carbocycles. The number of hydrogen-bond acceptors (Lipinski definition) is 3. The van der Waals surface area contributed by atoms with Gasteiger partial charge in [-0.1, -0.05) is 39.0 Å². The summed E-state index contributed by atoms with van der Waals surface area (Å²) < 4.78 is 30.1. The van der Waals surface area contributed by atoms with Crippen LogP contribution in [-0.2, 0) is 9.53 Å². The highest BCUT2D eigenvalue weighted by atomic mass is 19.3. The van der Waals surface area contributed by atoms with E-state index in [4.69, 9.17) is 0 Å². The zero-order chi connectivity index (χ0) is 12.6. The average Bonchev–Trinajstić information content (AvgIpc) is 2.27. The number of ether oxygens (including phenoxy) is 1. The average molecular weight is 238 g/mol. The monoisotopic (exact) mass is 238 g/mol. The van der Waals surface area contributed by atoms with Crippen molar-refractivity contribution in [1.82, 2.24) is 0 Å². The number of rotatable bonds is 8. The summed E-state index contributed by atoms with van der Waals surface area (Å²) in [6.07, 6.45) is 2.36. The summed E-state index contributed by atoms with van der Waals surface area (Å²) in [6.45, 7) is 2.06. The lowest BCUT2D eigenvalue weighted by atomic mass is 10.0. The van der Waals surface area contributed by atoms with E-state index in [9.17, 15) is 18.7 Å². The first-order valence-electron chi connectivity index (χ1n) is 5.61. The van der Waals surface area contributed by atoms with Crippen LogP contribution in [0.15, 0.2) is 0 Å². The predicted octanol–water partition coefficient (Wildman–Crippen LogP) is 2.52. The number of carbonyl (C=O) groups is 1. The molecular formula is C11H20F2O3. The van der Waals surface area contributed by atoms with Gasteiger partial charge in [-0.25, -0.2) is 4.79 Å². The molecule has 1 unspecified atom stereocenters. The second-order valence-corrected chi connectivity index (χ2v) is 3.83. The van der Waals surface area contributed by atoms with E-state index in [2.05, 4.69) is 11.7 Å². The fourth-order valence-electron chi connectivity index (χ4n) is 1.39. The SMILES string of the molecule is CCCCCCCC(O)C(F)(F)C(=O)OC. The van der Waals surface area contributed by atoms with Crippen molar-refractivity contribution in [2.45, 2.75) is 57.5 Å². The first-order chi connectivity index (χ1) is 7.46. The second-order valence-electron chi connectivity index (χ2n) is 3.83. The summed E-state index contributed by atoms with van der Waals surface area (Å²) in [5.41, 5.74) is 0. The molecule has 0 radical (unpaired) electrons. The molecule has 0 rings (SSSR count). The van der Waals surface area contributed by atoms with Crippen molar-refractivity contribution in [3.8, 4) is 0 Å². The van der Waals surface area contributed by atoms with Crippen LogP contribution < -0.4 is 0 Å². The zero-order valence-corrected chi connectivity index (χ0v) is 9.84. The van der Waals surface area contributed by atoms with Gasteiger partial charge in [-0.15, -0.1) is 0 Å². The highest BCUT2D eigenvalue weighted by molar-refractivity contribution is 5.78. The summed E-state index contributed by atoms with van der Waals surface area (Å²) in [5, 5.41) is 9.18. The van der Waals surface area contributed by atoms with Crippen molar-refractivity contribution in [3.05, 3.63) is 0 Å². The predicted molar refractivity (Wildman–Crippen MR) is 56.3 cm³/mol. The molecular weight excluding hydrogens is 218 g/mol. The Kier molecular flexibility index (Phi) is 7.21. The van der Waals surface area contributed by atoms with Gasteiger partial charge in [-0.2, -0.15) is 8.78 Å². The molecule has 0 heterocycles. The number of aliphatic hydroxyl groups is 1. The van der Waals surface area contributed by atoms with Crippen LogP contribution in [0.3, 0.4) is 0 Å². The Morgan fingerprint density at radius 3 is 2.38 bits per heavy atom. The molecule has 0 aromatic heterocycles. The van der Waals surface area contributed by atoms with Crippen molar-refractivity contribution < 1.29 is 23.4 Å². The van der Waals surface area contributed by atoms with Crippen LogP contribution >= 0.6 is 0 Å². The van der Waals surface area contributed by atoms with Gasteiger partial charge in [0.1, 0.15) is 6.10 Å². The number of alkyl halides is 2. The van der Waals surface area contributed by atoms with E-state index in [-0.39, 0.29) is 6.42 Å². The minimum atomic E-state index is -3.79. The number of methoxy groups -OCH3 is 1. The molecule has 0 saturated carbocycles. The van der Waals surface area contributed by atoms with Crippen molar-refractivity contribution >= 4 is 5.97 Å². The van der Waals surface area contributed by atoms with Gasteiger partial charge in [0.2, 0.25) is 0 Å². The lowest BCUT2D eigenvalue weighted by Gasteiger charge is -2.19. The number of halogens is 2. The van der Waals surface area contributed by atoms with Crippen LogP contribution in [0.4, 0.5) is 8.78 Å². The third-order valence-corrected chi connectivity index (χ3v) is 2.46. The molecule has 0 aliphatic carbocycles. The van der Waals surface area contributed by atoms with Gasteiger partial charge in [-0.3, -0.25) is 0 Å². The van der Waals surface area contributed by atoms with E-state index in [0.717, 1.165) is 32.8 Å². The van der Waals surface area contributed by atoms with E-state index in [1.165, 1.54) is 0 Å². The standard InChI is InChI=1S/C11H20F2O3/c1-3-4-5-6-7-8-9(14)11(12,13)10(15)16-2/h9,14H,3-8H2,1-2H3. The molecule has 3 nitrogen and oxygen atoms in total. The molecule has 16 heavy (non-hydrogen) atoms. The Bertz CT molecular complexity index is 207. The topological polar surface area (TPSA) is 46.5 Å². The molecule has 0 fully saturated rings. The molecule has 5 heteroatoms. The van der Waals surface area contributed by atoms with E-state index in [1.807, 2.05) is 0 Å². The molecule has 96 valence electrons. The summed E-state index contributed by atoms with van der Waals surface area (Å²) in [7, 11) is 0.879. The normalized spacial score (nSPS) is 13.6. The molecule has 0 saturated heterocycles. The highest BCUT2D eigenvalue weighted by Crippen LogP contribution is 2.24. The largest absolute Gasteiger partial charge is 0.465 e. The Balaban J connectivity index is 3.86. The number of hydrogen-bond donors (Lipinski definition) is 1. The smallest absolute Gasteiger partial charge is 0.379 e. The van der Waals surface area contributed by atoms with Gasteiger partial charge in [0, 0.05) is 0 Å². The lowest BCUT2D eigenvalue weighted by molar-refractivity contribution is -0.186. The Labute approximate surface area is 94.8 Å². The van der Waals surface area contributed by atoms with Gasteiger partial charge >= 0.3 is 11.9 Å². The molecule has 0 spiro atoms. The Hall–Kier alpha value is -0.710. The number of carbonyl (C=O) groups excluding carboxylic acids is 1. The molecule has 0 aliphatic rings. The van der Waals surface area contributed by atoms with E-state index >= 15 is 0 Å². The van der Waals surface area contributed by atoms with E-state index < -0.39 is 18.0 Å². The molecule has 0 bridgehead atoms. The quantitative estimate of drug-likeness (QED) is 0.522. The summed E-state index contributed by atoms with van der Waals surface area (Å²) in [5.74, 6) is -5.46. The van der Waals surface area contributed by atoms with Crippen LogP contribution in [0.2, 0.25) is 0 Å². The van der Waals surface area contributed by atoms with Gasteiger partial charge in [0.05, 0.1) is 7.11 Å². The summed E-state index contributed by atoms with van der Waals surface area (Å²) >= 11 is 0. The van der Waals surface area contributed by atoms with Crippen molar-refractivity contribution in [3.63, 3.8) is 0 Å². The van der Waals surface area contributed by atoms with Crippen molar-refractivity contribution in [1.29, 1.82) is 0 Å². The minimum Gasteiger partial charge on any atom is -0.465 e. The summed E-state index contributed by atoms with van der Waals surface area (Å²) in [4.78, 5) is 10.7. The first-order valence-corrected chi connectivity index (χ1v) is 5.61. The van der Waals surface area contributed by atoms with Crippen LogP contribution in [0.5, 0.6) is 0 Å². The van der Waals surface area contributed by atoms with Gasteiger partial charge in [0.25, 0.3) is 0 Å². The van der Waals surface area contributed by atoms with Gasteiger partial charge < -0.3 is 9.84 Å². The van der Waals surface area contributed by atoms with Crippen LogP contribution in [-0.4, -0.2) is 30.2 Å². The number of unbranched alkanes of at least 4 members (excludes halogenated alkanes) is 4. The van der Waals surface area contributed by atoms with E-state index in [0.29, 0.717) is 6.42 Å². The fourth-order valence-corrected chi connectivity index (χ4v) is 1.39. The molecule has 0 amide bonds. The van der Waals surface area contributed by atoms with Gasteiger partial charge in [0.15, 0.2) is 0 Å². The van der Waals surface area contributed by atoms with E-state index in [1.54, 1.807) is 0 Å². The summed E-state index contributed by atoms with van der Waals surface area (Å²) in [6, 6.07) is 0. The zero-order valence-electron chi connectivity index (χ0n) is 9.84. The van der Waals surface area contributed by atoms with Crippen LogP contribution in [0.25, 0.3) is 0 Å². The minimum absolute atomic E-state index is 0.0776. The van der Waals surface area contributed by atoms with Crippen molar-refractivity contribution in [2.75, 3.05) is 7.11 Å². The molecule has 1 N–H and O–H groups in total. The number of esters is 1. The maximum atomic E-state index is 13.1. The first kappa shape index (κ1) is 15.3. The van der Waals surface area contributed by atoms with Crippen molar-refractivity contribution in [2.24, 2.45) is 0 Å². The second kappa shape index (κ2) is 7.54. The maximum absolute atomic E-state index is 13.1. The maximum Gasteiger partial charge on any atom is 0.379 e. The number of aliphatic hydroxyl groups excluding tert-OH is 1. The lowest BCUT2D eigenvalue weighted by Crippen LogP contribution is -2.42.